The third-order valence-corrected chi connectivity index (χ3v) is 8.08. The number of hydrogen-bond donors (Lipinski definition) is 2. The number of ketones is 1. The average molecular weight is 606 g/mol. The minimum absolute atomic E-state index is 0.172. The van der Waals surface area contributed by atoms with Crippen molar-refractivity contribution >= 4 is 23.5 Å². The Kier molecular flexibility index (Phi) is 9.96. The Labute approximate surface area is 256 Å². The molecular formula is C33H40FN5O5. The molecule has 1 aliphatic rings. The molecule has 0 spiro atoms. The molecule has 0 unspecified atom stereocenters. The Morgan fingerprint density at radius 1 is 0.909 bits per heavy atom. The quantitative estimate of drug-likeness (QED) is 0.311. The Balaban J connectivity index is 1.48. The van der Waals surface area contributed by atoms with E-state index in [1.807, 2.05) is 27.7 Å². The Morgan fingerprint density at radius 3 is 2.16 bits per heavy atom. The SMILES string of the molecule is CC(C)[C@H](NC(=O)[C@@H]1CCCN1C(=O)[C@@H](NC(=O)c1ccccc1)C(C)C)C(=O)c1nnc(C(C)(C)c2ccc(F)cc2)o1. The van der Waals surface area contributed by atoms with E-state index in [4.69, 9.17) is 4.42 Å². The van der Waals surface area contributed by atoms with Crippen molar-refractivity contribution in [3.63, 3.8) is 0 Å². The van der Waals surface area contributed by atoms with Gasteiger partial charge in [-0.2, -0.15) is 0 Å². The van der Waals surface area contributed by atoms with E-state index in [9.17, 15) is 23.6 Å². The summed E-state index contributed by atoms with van der Waals surface area (Å²) in [6, 6.07) is 11.9. The van der Waals surface area contributed by atoms with Gasteiger partial charge < -0.3 is 20.0 Å². The molecule has 1 aliphatic heterocycles. The molecule has 3 aromatic rings. The molecule has 10 nitrogen and oxygen atoms in total. The monoisotopic (exact) mass is 605 g/mol. The molecule has 0 saturated carbocycles. The van der Waals surface area contributed by atoms with Gasteiger partial charge in [0.1, 0.15) is 17.9 Å². The molecule has 4 rings (SSSR count). The van der Waals surface area contributed by atoms with E-state index in [-0.39, 0.29) is 41.2 Å². The van der Waals surface area contributed by atoms with Crippen LogP contribution in [0.2, 0.25) is 0 Å². The minimum atomic E-state index is -0.985. The first-order valence-corrected chi connectivity index (χ1v) is 14.9. The van der Waals surface area contributed by atoms with Crippen LogP contribution < -0.4 is 10.6 Å². The van der Waals surface area contributed by atoms with Crippen LogP contribution in [-0.2, 0) is 15.0 Å². The molecule has 0 aliphatic carbocycles. The van der Waals surface area contributed by atoms with E-state index in [0.29, 0.717) is 24.9 Å². The first-order valence-electron chi connectivity index (χ1n) is 14.9. The maximum atomic E-state index is 13.7. The summed E-state index contributed by atoms with van der Waals surface area (Å²) >= 11 is 0. The number of nitrogens with one attached hydrogen (secondary N) is 2. The first kappa shape index (κ1) is 32.5. The summed E-state index contributed by atoms with van der Waals surface area (Å²) in [7, 11) is 0. The van der Waals surface area contributed by atoms with Crippen LogP contribution in [0.4, 0.5) is 4.39 Å². The maximum absolute atomic E-state index is 13.7. The first-order chi connectivity index (χ1) is 20.8. The normalized spacial score (nSPS) is 16.6. The van der Waals surface area contributed by atoms with E-state index >= 15 is 0 Å². The molecule has 1 saturated heterocycles. The highest BCUT2D eigenvalue weighted by molar-refractivity contribution is 6.01. The molecule has 1 aromatic heterocycles. The second-order valence-electron chi connectivity index (χ2n) is 12.4. The summed E-state index contributed by atoms with van der Waals surface area (Å²) in [4.78, 5) is 55.1. The fraction of sp³-hybridized carbons (Fsp3) is 0.455. The van der Waals surface area contributed by atoms with E-state index in [0.717, 1.165) is 5.56 Å². The fourth-order valence-corrected chi connectivity index (χ4v) is 5.29. The standard InChI is InChI=1S/C33H40FN5O5/c1-19(2)25(27(40)30-37-38-32(44-30)33(5,6)22-14-16-23(34)17-15-22)35-29(42)24-13-10-18-39(24)31(43)26(20(3)4)36-28(41)21-11-8-7-9-12-21/h7-9,11-12,14-17,19-20,24-26H,10,13,18H2,1-6H3,(H,35,42)(H,36,41)/t24-,25-,26-/m0/s1. The van der Waals surface area contributed by atoms with Crippen LogP contribution in [0.25, 0.3) is 0 Å². The summed E-state index contributed by atoms with van der Waals surface area (Å²) in [5, 5.41) is 13.7. The molecule has 2 N–H and O–H groups in total. The van der Waals surface area contributed by atoms with Gasteiger partial charge in [0.15, 0.2) is 0 Å². The summed E-state index contributed by atoms with van der Waals surface area (Å²) < 4.78 is 19.3. The summed E-state index contributed by atoms with van der Waals surface area (Å²) in [6.45, 7) is 11.2. The van der Waals surface area contributed by atoms with Gasteiger partial charge in [0.2, 0.25) is 23.5 Å². The van der Waals surface area contributed by atoms with Gasteiger partial charge in [-0.3, -0.25) is 19.2 Å². The zero-order valence-electron chi connectivity index (χ0n) is 26.0. The summed E-state index contributed by atoms with van der Waals surface area (Å²) in [5.74, 6) is -2.74. The van der Waals surface area contributed by atoms with Crippen molar-refractivity contribution in [2.45, 2.75) is 77.9 Å². The van der Waals surface area contributed by atoms with Gasteiger partial charge >= 0.3 is 0 Å². The van der Waals surface area contributed by atoms with E-state index < -0.39 is 35.2 Å². The van der Waals surface area contributed by atoms with Crippen LogP contribution in [0.15, 0.2) is 59.0 Å². The minimum Gasteiger partial charge on any atom is -0.417 e. The number of nitrogens with zero attached hydrogens (tertiary/aromatic N) is 3. The van der Waals surface area contributed by atoms with Crippen molar-refractivity contribution in [2.24, 2.45) is 11.8 Å². The number of halogens is 1. The number of benzene rings is 2. The fourth-order valence-electron chi connectivity index (χ4n) is 5.29. The van der Waals surface area contributed by atoms with Gasteiger partial charge in [-0.15, -0.1) is 10.2 Å². The molecule has 3 atom stereocenters. The van der Waals surface area contributed by atoms with Crippen LogP contribution in [0, 0.1) is 17.7 Å². The van der Waals surface area contributed by atoms with Gasteiger partial charge in [-0.05, 0) is 68.4 Å². The van der Waals surface area contributed by atoms with Crippen LogP contribution in [-0.4, -0.2) is 63.3 Å². The Bertz CT molecular complexity index is 1490. The number of aromatic nitrogens is 2. The molecule has 0 bridgehead atoms. The summed E-state index contributed by atoms with van der Waals surface area (Å²) in [5.41, 5.74) is 0.356. The highest BCUT2D eigenvalue weighted by atomic mass is 19.1. The van der Waals surface area contributed by atoms with E-state index in [1.54, 1.807) is 56.3 Å². The van der Waals surface area contributed by atoms with Crippen molar-refractivity contribution in [3.05, 3.63) is 83.3 Å². The molecular weight excluding hydrogens is 565 g/mol. The van der Waals surface area contributed by atoms with Crippen LogP contribution in [0.5, 0.6) is 0 Å². The van der Waals surface area contributed by atoms with Gasteiger partial charge in [-0.25, -0.2) is 4.39 Å². The lowest BCUT2D eigenvalue weighted by molar-refractivity contribution is -0.140. The highest BCUT2D eigenvalue weighted by Crippen LogP contribution is 2.31. The lowest BCUT2D eigenvalue weighted by atomic mass is 9.84. The number of carbonyl (C=O) groups is 4. The van der Waals surface area contributed by atoms with Gasteiger partial charge in [-0.1, -0.05) is 58.0 Å². The predicted octanol–water partition coefficient (Wildman–Crippen LogP) is 4.30. The zero-order chi connectivity index (χ0) is 32.2. The van der Waals surface area contributed by atoms with Gasteiger partial charge in [0, 0.05) is 12.1 Å². The van der Waals surface area contributed by atoms with Gasteiger partial charge in [0.05, 0.1) is 11.5 Å². The van der Waals surface area contributed by atoms with E-state index in [2.05, 4.69) is 20.8 Å². The molecule has 2 aromatic carbocycles. The lowest BCUT2D eigenvalue weighted by Gasteiger charge is -2.31. The third kappa shape index (κ3) is 7.03. The molecule has 1 fully saturated rings. The highest BCUT2D eigenvalue weighted by Gasteiger charge is 2.41. The summed E-state index contributed by atoms with van der Waals surface area (Å²) in [6.07, 6.45) is 1.03. The van der Waals surface area contributed by atoms with Gasteiger partial charge in [0.25, 0.3) is 11.8 Å². The lowest BCUT2D eigenvalue weighted by Crippen LogP contribution is -2.57. The topological polar surface area (TPSA) is 134 Å². The van der Waals surface area contributed by atoms with E-state index in [1.165, 1.54) is 17.0 Å². The third-order valence-electron chi connectivity index (χ3n) is 8.08. The molecule has 234 valence electrons. The number of rotatable bonds is 11. The van der Waals surface area contributed by atoms with Crippen LogP contribution in [0.1, 0.15) is 86.9 Å². The number of hydrogen-bond acceptors (Lipinski definition) is 7. The molecule has 2 heterocycles. The Hall–Kier alpha value is -4.41. The average Bonchev–Trinajstić information content (AvgIpc) is 3.69. The zero-order valence-corrected chi connectivity index (χ0v) is 26.0. The second kappa shape index (κ2) is 13.5. The predicted molar refractivity (Wildman–Crippen MR) is 161 cm³/mol. The molecule has 11 heteroatoms. The molecule has 0 radical (unpaired) electrons. The molecule has 44 heavy (non-hydrogen) atoms. The maximum Gasteiger partial charge on any atom is 0.286 e. The van der Waals surface area contributed by atoms with Crippen LogP contribution in [0.3, 0.4) is 0 Å². The number of carbonyl (C=O) groups excluding carboxylic acids is 4. The largest absolute Gasteiger partial charge is 0.417 e. The van der Waals surface area contributed by atoms with Crippen molar-refractivity contribution < 1.29 is 28.0 Å². The number of Topliss-reactive ketones (excluding diaryl/α,β-unsaturated/α-hetero) is 1. The van der Waals surface area contributed by atoms with Crippen molar-refractivity contribution in [2.75, 3.05) is 6.54 Å². The number of amides is 3. The smallest absolute Gasteiger partial charge is 0.286 e. The van der Waals surface area contributed by atoms with Crippen molar-refractivity contribution in [1.82, 2.24) is 25.7 Å². The second-order valence-corrected chi connectivity index (χ2v) is 12.4. The van der Waals surface area contributed by atoms with Crippen molar-refractivity contribution in [1.29, 1.82) is 0 Å². The van der Waals surface area contributed by atoms with Crippen molar-refractivity contribution in [3.8, 4) is 0 Å². The Morgan fingerprint density at radius 2 is 1.55 bits per heavy atom. The number of likely N-dealkylation sites (tertiary alicyclic amines) is 1. The molecule has 3 amide bonds. The van der Waals surface area contributed by atoms with Crippen LogP contribution >= 0.6 is 0 Å².